The highest BCUT2D eigenvalue weighted by Crippen LogP contribution is 2.64. The van der Waals surface area contributed by atoms with E-state index in [9.17, 15) is 18.0 Å². The normalized spacial score (nSPS) is 34.5. The average Bonchev–Trinajstić information content (AvgIpc) is 2.81. The largest absolute Gasteiger partial charge is 0.480 e. The zero-order valence-electron chi connectivity index (χ0n) is 14.0. The van der Waals surface area contributed by atoms with Crippen molar-refractivity contribution in [2.75, 3.05) is 25.4 Å². The number of Topliss-reactive ketones (excluding diaryl/α,β-unsaturated/α-hetero) is 1. The van der Waals surface area contributed by atoms with Crippen LogP contribution in [0.3, 0.4) is 0 Å². The summed E-state index contributed by atoms with van der Waals surface area (Å²) in [6.45, 7) is 6.04. The zero-order chi connectivity index (χ0) is 18.2. The van der Waals surface area contributed by atoms with E-state index in [2.05, 4.69) is 10.6 Å². The first-order chi connectivity index (χ1) is 11.0. The molecule has 2 bridgehead atoms. The Hall–Kier alpha value is -1.03. The van der Waals surface area contributed by atoms with Crippen molar-refractivity contribution in [2.45, 2.75) is 39.2 Å². The highest BCUT2D eigenvalue weighted by molar-refractivity contribution is 7.85. The van der Waals surface area contributed by atoms with Crippen LogP contribution in [-0.2, 0) is 19.7 Å². The summed E-state index contributed by atoms with van der Waals surface area (Å²) in [6.07, 6.45) is 1.97. The summed E-state index contributed by atoms with van der Waals surface area (Å²) >= 11 is 0. The lowest BCUT2D eigenvalue weighted by Gasteiger charge is -2.35. The molecule has 4 N–H and O–H groups in total. The van der Waals surface area contributed by atoms with Crippen LogP contribution in [0.1, 0.15) is 33.1 Å². The Labute approximate surface area is 142 Å². The van der Waals surface area contributed by atoms with Gasteiger partial charge < -0.3 is 15.7 Å². The average molecular weight is 362 g/mol. The van der Waals surface area contributed by atoms with E-state index in [1.165, 1.54) is 0 Å². The smallest absolute Gasteiger partial charge is 0.322 e. The summed E-state index contributed by atoms with van der Waals surface area (Å²) in [7, 11) is -4.08. The van der Waals surface area contributed by atoms with E-state index < -0.39 is 33.3 Å². The summed E-state index contributed by atoms with van der Waals surface area (Å²) < 4.78 is 31.0. The number of carboxylic acid groups (broad SMARTS) is 1. The van der Waals surface area contributed by atoms with Gasteiger partial charge in [0.1, 0.15) is 11.8 Å². The predicted molar refractivity (Wildman–Crippen MR) is 87.3 cm³/mol. The molecule has 138 valence electrons. The Balaban J connectivity index is 0.000000198. The molecule has 0 unspecified atom stereocenters. The van der Waals surface area contributed by atoms with Crippen molar-refractivity contribution in [2.24, 2.45) is 16.7 Å². The number of fused-ring (bicyclic) bond motifs is 2. The Morgan fingerprint density at radius 3 is 2.33 bits per heavy atom. The lowest BCUT2D eigenvalue weighted by atomic mass is 9.70. The van der Waals surface area contributed by atoms with Crippen molar-refractivity contribution in [3.8, 4) is 0 Å². The van der Waals surface area contributed by atoms with Crippen molar-refractivity contribution in [1.82, 2.24) is 10.6 Å². The third kappa shape index (κ3) is 3.63. The Morgan fingerprint density at radius 1 is 1.33 bits per heavy atom. The van der Waals surface area contributed by atoms with E-state index in [4.69, 9.17) is 9.66 Å². The molecule has 0 aromatic rings. The van der Waals surface area contributed by atoms with Gasteiger partial charge in [0.25, 0.3) is 10.1 Å². The van der Waals surface area contributed by atoms with Crippen LogP contribution in [0.25, 0.3) is 0 Å². The number of aliphatic carboxylic acids is 1. The van der Waals surface area contributed by atoms with Gasteiger partial charge in [0.15, 0.2) is 0 Å². The quantitative estimate of drug-likeness (QED) is 0.512. The lowest BCUT2D eigenvalue weighted by molar-refractivity contribution is -0.139. The van der Waals surface area contributed by atoms with Gasteiger partial charge in [-0.05, 0) is 24.2 Å². The molecule has 3 aliphatic rings. The van der Waals surface area contributed by atoms with Gasteiger partial charge in [-0.3, -0.25) is 14.1 Å². The molecule has 24 heavy (non-hydrogen) atoms. The van der Waals surface area contributed by atoms with Crippen LogP contribution < -0.4 is 10.6 Å². The molecule has 0 spiro atoms. The van der Waals surface area contributed by atoms with Gasteiger partial charge in [-0.2, -0.15) is 8.42 Å². The standard InChI is InChI=1S/C10H16O4S.C5H10N2O2/c1-9(2)7-3-4-10(9,8(11)5-7)6-15(12,13)14;8-5(9)4-3-6-1-2-7-4/h7H,3-6H2,1-2H3,(H,12,13,14);4,6-7H,1-3H2,(H,8,9)/t7-,10-;4-/m01/s1. The van der Waals surface area contributed by atoms with Crippen LogP contribution in [0.4, 0.5) is 0 Å². The summed E-state index contributed by atoms with van der Waals surface area (Å²) in [6, 6.07) is -0.390. The van der Waals surface area contributed by atoms with Gasteiger partial charge in [0.2, 0.25) is 0 Å². The maximum Gasteiger partial charge on any atom is 0.322 e. The minimum absolute atomic E-state index is 0.0152. The van der Waals surface area contributed by atoms with Crippen molar-refractivity contribution < 1.29 is 27.7 Å². The lowest BCUT2D eigenvalue weighted by Crippen LogP contribution is -2.52. The van der Waals surface area contributed by atoms with Crippen LogP contribution in [-0.4, -0.2) is 61.3 Å². The first-order valence-electron chi connectivity index (χ1n) is 8.15. The van der Waals surface area contributed by atoms with E-state index in [-0.39, 0.29) is 17.1 Å². The number of carbonyl (C=O) groups excluding carboxylic acids is 1. The van der Waals surface area contributed by atoms with Crippen LogP contribution in [0, 0.1) is 16.7 Å². The summed E-state index contributed by atoms with van der Waals surface area (Å²) in [4.78, 5) is 22.1. The molecule has 2 saturated carbocycles. The fourth-order valence-electron chi connectivity index (χ4n) is 4.25. The Kier molecular flexibility index (Phi) is 5.39. The Bertz CT molecular complexity index is 611. The molecule has 0 amide bonds. The van der Waals surface area contributed by atoms with E-state index in [0.717, 1.165) is 19.5 Å². The fraction of sp³-hybridized carbons (Fsp3) is 0.867. The minimum Gasteiger partial charge on any atom is -0.480 e. The molecule has 3 rings (SSSR count). The minimum atomic E-state index is -4.08. The van der Waals surface area contributed by atoms with Gasteiger partial charge in [0.05, 0.1) is 11.2 Å². The highest BCUT2D eigenvalue weighted by atomic mass is 32.2. The third-order valence-electron chi connectivity index (χ3n) is 5.91. The maximum atomic E-state index is 11.9. The molecule has 8 nitrogen and oxygen atoms in total. The van der Waals surface area contributed by atoms with Crippen LogP contribution in [0.2, 0.25) is 0 Å². The summed E-state index contributed by atoms with van der Waals surface area (Å²) in [5, 5.41) is 14.3. The number of nitrogens with one attached hydrogen (secondary N) is 2. The first-order valence-corrected chi connectivity index (χ1v) is 9.76. The highest BCUT2D eigenvalue weighted by Gasteiger charge is 2.65. The van der Waals surface area contributed by atoms with E-state index in [1.54, 1.807) is 0 Å². The molecule has 0 aromatic carbocycles. The zero-order valence-corrected chi connectivity index (χ0v) is 14.9. The van der Waals surface area contributed by atoms with E-state index in [0.29, 0.717) is 19.4 Å². The van der Waals surface area contributed by atoms with Crippen molar-refractivity contribution >= 4 is 21.9 Å². The van der Waals surface area contributed by atoms with Crippen molar-refractivity contribution in [3.05, 3.63) is 0 Å². The second-order valence-electron chi connectivity index (χ2n) is 7.44. The van der Waals surface area contributed by atoms with Crippen LogP contribution >= 0.6 is 0 Å². The molecule has 1 saturated heterocycles. The molecule has 1 aliphatic heterocycles. The topological polar surface area (TPSA) is 133 Å². The van der Waals surface area contributed by atoms with E-state index >= 15 is 0 Å². The molecule has 2 aliphatic carbocycles. The molecular weight excluding hydrogens is 336 g/mol. The molecule has 1 heterocycles. The third-order valence-corrected chi connectivity index (χ3v) is 6.76. The Morgan fingerprint density at radius 2 is 2.00 bits per heavy atom. The summed E-state index contributed by atoms with van der Waals surface area (Å²) in [5.74, 6) is -0.877. The molecular formula is C15H26N2O6S. The fourth-order valence-corrected chi connectivity index (χ4v) is 5.55. The van der Waals surface area contributed by atoms with Gasteiger partial charge in [-0.1, -0.05) is 13.8 Å². The van der Waals surface area contributed by atoms with Crippen molar-refractivity contribution in [3.63, 3.8) is 0 Å². The second-order valence-corrected chi connectivity index (χ2v) is 8.89. The second kappa shape index (κ2) is 6.70. The number of carbonyl (C=O) groups is 2. The molecule has 9 heteroatoms. The number of piperazine rings is 1. The monoisotopic (exact) mass is 362 g/mol. The van der Waals surface area contributed by atoms with Gasteiger partial charge in [-0.25, -0.2) is 0 Å². The molecule has 3 atom stereocenters. The van der Waals surface area contributed by atoms with Gasteiger partial charge in [-0.15, -0.1) is 0 Å². The molecule has 0 radical (unpaired) electrons. The predicted octanol–water partition coefficient (Wildman–Crippen LogP) is -0.0980. The summed E-state index contributed by atoms with van der Waals surface area (Å²) in [5.41, 5.74) is -1.12. The van der Waals surface area contributed by atoms with Crippen molar-refractivity contribution in [1.29, 1.82) is 0 Å². The number of carboxylic acids is 1. The first kappa shape index (κ1) is 19.3. The maximum absolute atomic E-state index is 11.9. The SMILES string of the molecule is CC1(C)[C@H]2CC[C@]1(CS(=O)(=O)O)C(=O)C2.O=C(O)[C@H]1CNCCN1. The number of rotatable bonds is 3. The number of hydrogen-bond donors (Lipinski definition) is 4. The van der Waals surface area contributed by atoms with E-state index in [1.807, 2.05) is 13.8 Å². The van der Waals surface area contributed by atoms with Gasteiger partial charge >= 0.3 is 5.97 Å². The van der Waals surface area contributed by atoms with Crippen LogP contribution in [0.5, 0.6) is 0 Å². The molecule has 3 fully saturated rings. The van der Waals surface area contributed by atoms with Crippen LogP contribution in [0.15, 0.2) is 0 Å². The molecule has 0 aromatic heterocycles. The number of hydrogen-bond acceptors (Lipinski definition) is 6. The number of ketones is 1. The van der Waals surface area contributed by atoms with Gasteiger partial charge in [0, 0.05) is 26.1 Å².